The zero-order valence-electron chi connectivity index (χ0n) is 12.5. The number of halogens is 2. The highest BCUT2D eigenvalue weighted by atomic mass is 35.5. The first-order valence-electron chi connectivity index (χ1n) is 6.09. The molecule has 4 nitrogen and oxygen atoms in total. The zero-order chi connectivity index (χ0) is 13.8. The number of nitrogens with one attached hydrogen (secondary N) is 1. The number of nitrogens with two attached hydrogens (primary N) is 1. The molecule has 3 N–H and O–H groups in total. The number of nitrogens with zero attached hydrogens (tertiary/aromatic N) is 1. The minimum absolute atomic E-state index is 0. The van der Waals surface area contributed by atoms with Crippen LogP contribution in [0, 0.1) is 0 Å². The van der Waals surface area contributed by atoms with Crippen LogP contribution in [-0.2, 0) is 17.9 Å². The molecule has 0 bridgehead atoms. The van der Waals surface area contributed by atoms with Crippen molar-refractivity contribution in [2.24, 2.45) is 5.73 Å². The van der Waals surface area contributed by atoms with Gasteiger partial charge in [0.15, 0.2) is 0 Å². The standard InChI is InChI=1S/C14H23N3O.2ClH/c1-14(2,15)13(18)16-9-11-7-5-6-8-12(11)10-17(3)4;;/h5-8H,9-10,15H2,1-4H3,(H,16,18);2*1H. The highest BCUT2D eigenvalue weighted by Gasteiger charge is 2.21. The lowest BCUT2D eigenvalue weighted by Gasteiger charge is -2.19. The summed E-state index contributed by atoms with van der Waals surface area (Å²) in [5, 5.41) is 2.87. The molecule has 0 heterocycles. The van der Waals surface area contributed by atoms with Gasteiger partial charge in [0.1, 0.15) is 0 Å². The summed E-state index contributed by atoms with van der Waals surface area (Å²) >= 11 is 0. The van der Waals surface area contributed by atoms with E-state index in [1.807, 2.05) is 32.3 Å². The normalized spacial score (nSPS) is 10.5. The molecule has 0 unspecified atom stereocenters. The largest absolute Gasteiger partial charge is 0.350 e. The molecule has 116 valence electrons. The second kappa shape index (κ2) is 9.19. The number of benzene rings is 1. The van der Waals surface area contributed by atoms with E-state index in [9.17, 15) is 4.79 Å². The van der Waals surface area contributed by atoms with Crippen molar-refractivity contribution in [3.8, 4) is 0 Å². The maximum atomic E-state index is 11.7. The van der Waals surface area contributed by atoms with Crippen LogP contribution >= 0.6 is 24.8 Å². The van der Waals surface area contributed by atoms with E-state index in [-0.39, 0.29) is 30.7 Å². The number of rotatable bonds is 5. The maximum Gasteiger partial charge on any atom is 0.239 e. The average Bonchev–Trinajstić information content (AvgIpc) is 2.25. The first kappa shape index (κ1) is 21.5. The Kier molecular flexibility index (Phi) is 9.87. The summed E-state index contributed by atoms with van der Waals surface area (Å²) in [5.74, 6) is -0.137. The van der Waals surface area contributed by atoms with Crippen molar-refractivity contribution >= 4 is 30.7 Å². The van der Waals surface area contributed by atoms with Gasteiger partial charge in [-0.25, -0.2) is 0 Å². The number of amides is 1. The second-order valence-electron chi connectivity index (χ2n) is 5.41. The Bertz CT molecular complexity index is 417. The van der Waals surface area contributed by atoms with Gasteiger partial charge < -0.3 is 16.0 Å². The van der Waals surface area contributed by atoms with Crippen molar-refractivity contribution in [2.45, 2.75) is 32.5 Å². The minimum Gasteiger partial charge on any atom is -0.350 e. The summed E-state index contributed by atoms with van der Waals surface area (Å²) in [6.07, 6.45) is 0. The molecule has 1 amide bonds. The Labute approximate surface area is 133 Å². The van der Waals surface area contributed by atoms with Crippen LogP contribution in [0.5, 0.6) is 0 Å². The summed E-state index contributed by atoms with van der Waals surface area (Å²) in [4.78, 5) is 13.8. The lowest BCUT2D eigenvalue weighted by molar-refractivity contribution is -0.125. The molecule has 1 aromatic carbocycles. The van der Waals surface area contributed by atoms with E-state index in [1.165, 1.54) is 5.56 Å². The molecule has 0 saturated carbocycles. The number of hydrogen-bond donors (Lipinski definition) is 2. The summed E-state index contributed by atoms with van der Waals surface area (Å²) in [7, 11) is 4.05. The Morgan fingerprint density at radius 3 is 2.15 bits per heavy atom. The molecule has 0 radical (unpaired) electrons. The molecule has 0 fully saturated rings. The summed E-state index contributed by atoms with van der Waals surface area (Å²) in [6.45, 7) is 4.78. The molecule has 6 heteroatoms. The van der Waals surface area contributed by atoms with Crippen molar-refractivity contribution in [3.63, 3.8) is 0 Å². The topological polar surface area (TPSA) is 58.4 Å². The lowest BCUT2D eigenvalue weighted by atomic mass is 10.0. The summed E-state index contributed by atoms with van der Waals surface area (Å²) in [6, 6.07) is 8.10. The predicted molar refractivity (Wildman–Crippen MR) is 88.4 cm³/mol. The third-order valence-electron chi connectivity index (χ3n) is 2.63. The molecule has 1 aromatic rings. The number of carbonyl (C=O) groups is 1. The molecule has 0 aliphatic carbocycles. The van der Waals surface area contributed by atoms with Gasteiger partial charge >= 0.3 is 0 Å². The van der Waals surface area contributed by atoms with Crippen LogP contribution in [0.2, 0.25) is 0 Å². The fourth-order valence-electron chi connectivity index (χ4n) is 1.63. The van der Waals surface area contributed by atoms with Gasteiger partial charge in [0.05, 0.1) is 5.54 Å². The van der Waals surface area contributed by atoms with Gasteiger partial charge in [-0.15, -0.1) is 24.8 Å². The van der Waals surface area contributed by atoms with Crippen LogP contribution in [0.3, 0.4) is 0 Å². The fraction of sp³-hybridized carbons (Fsp3) is 0.500. The third-order valence-corrected chi connectivity index (χ3v) is 2.63. The Morgan fingerprint density at radius 1 is 1.20 bits per heavy atom. The van der Waals surface area contributed by atoms with Crippen LogP contribution in [0.15, 0.2) is 24.3 Å². The van der Waals surface area contributed by atoms with E-state index in [2.05, 4.69) is 16.3 Å². The van der Waals surface area contributed by atoms with E-state index in [4.69, 9.17) is 5.73 Å². The van der Waals surface area contributed by atoms with Crippen molar-refractivity contribution < 1.29 is 4.79 Å². The Hall–Kier alpha value is -0.810. The van der Waals surface area contributed by atoms with Gasteiger partial charge in [-0.3, -0.25) is 4.79 Å². The summed E-state index contributed by atoms with van der Waals surface area (Å²) in [5.41, 5.74) is 7.25. The van der Waals surface area contributed by atoms with Crippen molar-refractivity contribution in [3.05, 3.63) is 35.4 Å². The van der Waals surface area contributed by atoms with Gasteiger partial charge in [-0.2, -0.15) is 0 Å². The van der Waals surface area contributed by atoms with Crippen LogP contribution in [0.25, 0.3) is 0 Å². The molecule has 0 aromatic heterocycles. The molecule has 0 atom stereocenters. The molecule has 0 aliphatic rings. The molecule has 0 aliphatic heterocycles. The maximum absolute atomic E-state index is 11.7. The van der Waals surface area contributed by atoms with Crippen molar-refractivity contribution in [2.75, 3.05) is 14.1 Å². The second-order valence-corrected chi connectivity index (χ2v) is 5.41. The predicted octanol–water partition coefficient (Wildman–Crippen LogP) is 1.95. The quantitative estimate of drug-likeness (QED) is 0.871. The Morgan fingerprint density at radius 2 is 1.70 bits per heavy atom. The molecule has 0 saturated heterocycles. The van der Waals surface area contributed by atoms with Gasteiger partial charge in [-0.1, -0.05) is 24.3 Å². The number of hydrogen-bond acceptors (Lipinski definition) is 3. The van der Waals surface area contributed by atoms with E-state index in [1.54, 1.807) is 13.8 Å². The first-order valence-corrected chi connectivity index (χ1v) is 6.09. The molecular formula is C14H25Cl2N3O. The molecule has 20 heavy (non-hydrogen) atoms. The van der Waals surface area contributed by atoms with E-state index in [0.29, 0.717) is 6.54 Å². The van der Waals surface area contributed by atoms with E-state index < -0.39 is 5.54 Å². The van der Waals surface area contributed by atoms with Gasteiger partial charge in [0.25, 0.3) is 0 Å². The fourth-order valence-corrected chi connectivity index (χ4v) is 1.63. The van der Waals surface area contributed by atoms with Gasteiger partial charge in [0, 0.05) is 13.1 Å². The summed E-state index contributed by atoms with van der Waals surface area (Å²) < 4.78 is 0. The van der Waals surface area contributed by atoms with Crippen LogP contribution in [0.1, 0.15) is 25.0 Å². The highest BCUT2D eigenvalue weighted by molar-refractivity contribution is 5.86. The van der Waals surface area contributed by atoms with E-state index in [0.717, 1.165) is 12.1 Å². The minimum atomic E-state index is -0.837. The lowest BCUT2D eigenvalue weighted by Crippen LogP contribution is -2.48. The molecular weight excluding hydrogens is 297 g/mol. The monoisotopic (exact) mass is 321 g/mol. The molecule has 0 spiro atoms. The van der Waals surface area contributed by atoms with Gasteiger partial charge in [0.2, 0.25) is 5.91 Å². The Balaban J connectivity index is 0. The van der Waals surface area contributed by atoms with Crippen LogP contribution < -0.4 is 11.1 Å². The number of carbonyl (C=O) groups excluding carboxylic acids is 1. The zero-order valence-corrected chi connectivity index (χ0v) is 14.1. The van der Waals surface area contributed by atoms with Crippen LogP contribution in [-0.4, -0.2) is 30.4 Å². The van der Waals surface area contributed by atoms with Crippen molar-refractivity contribution in [1.29, 1.82) is 0 Å². The highest BCUT2D eigenvalue weighted by Crippen LogP contribution is 2.10. The van der Waals surface area contributed by atoms with Crippen LogP contribution in [0.4, 0.5) is 0 Å². The third kappa shape index (κ3) is 7.10. The van der Waals surface area contributed by atoms with Crippen molar-refractivity contribution in [1.82, 2.24) is 10.2 Å². The average molecular weight is 322 g/mol. The van der Waals surface area contributed by atoms with Gasteiger partial charge in [-0.05, 0) is 39.1 Å². The SMILES string of the molecule is CN(C)Cc1ccccc1CNC(=O)C(C)(C)N.Cl.Cl. The van der Waals surface area contributed by atoms with E-state index >= 15 is 0 Å². The first-order chi connectivity index (χ1) is 8.30. The molecule has 1 rings (SSSR count). The smallest absolute Gasteiger partial charge is 0.239 e.